The van der Waals surface area contributed by atoms with Crippen molar-refractivity contribution < 1.29 is 12.5 Å². The monoisotopic (exact) mass is 250 g/mol. The molecule has 2 aliphatic rings. The number of allylic oxidation sites excluding steroid dienone is 2. The molecule has 0 aromatic heterocycles. The summed E-state index contributed by atoms with van der Waals surface area (Å²) in [6, 6.07) is 0. The number of hydrogen-bond donors (Lipinski definition) is 0. The molecule has 0 spiro atoms. The van der Waals surface area contributed by atoms with Gasteiger partial charge in [-0.1, -0.05) is 12.2 Å². The Hall–Kier alpha value is 0.320. The van der Waals surface area contributed by atoms with Crippen molar-refractivity contribution in [2.24, 2.45) is 11.8 Å². The van der Waals surface area contributed by atoms with Gasteiger partial charge in [0, 0.05) is 11.8 Å². The fraction of sp³-hybridized carbons (Fsp3) is 0.800. The molecule has 0 heterocycles. The Morgan fingerprint density at radius 1 is 1.13 bits per heavy atom. The third-order valence-corrected chi connectivity index (χ3v) is 6.23. The quantitative estimate of drug-likeness (QED) is 0.415. The van der Waals surface area contributed by atoms with Gasteiger partial charge in [-0.3, -0.25) is 0 Å². The average Bonchev–Trinajstić information content (AvgIpc) is 2.83. The lowest BCUT2D eigenvalue weighted by Crippen LogP contribution is -2.40. The van der Waals surface area contributed by atoms with Gasteiger partial charge in [-0.05, 0) is 6.42 Å². The smallest absolute Gasteiger partial charge is 0.179 e. The predicted molar refractivity (Wildman–Crippen MR) is 65.5 cm³/mol. The summed E-state index contributed by atoms with van der Waals surface area (Å²) in [6.45, 7) is 0. The molecule has 0 radical (unpaired) electrons. The number of rotatable bonds is 5. The predicted octanol–water partition coefficient (Wildman–Crippen LogP) is 1.05. The molecule has 86 valence electrons. The van der Waals surface area contributed by atoms with Gasteiger partial charge in [0.1, 0.15) is 12.0 Å². The Bertz CT molecular complexity index is 243. The molecular formula is C10H18O3S2+2. The van der Waals surface area contributed by atoms with Gasteiger partial charge in [-0.2, -0.15) is 4.18 Å². The molecule has 5 heteroatoms. The molecule has 1 fully saturated rings. The fourth-order valence-electron chi connectivity index (χ4n) is 2.56. The van der Waals surface area contributed by atoms with Crippen molar-refractivity contribution in [2.45, 2.75) is 16.9 Å². The second-order valence-corrected chi connectivity index (χ2v) is 6.69. The first kappa shape index (κ1) is 11.8. The van der Waals surface area contributed by atoms with Crippen LogP contribution in [0.4, 0.5) is 0 Å². The van der Waals surface area contributed by atoms with E-state index in [4.69, 9.17) is 12.5 Å². The van der Waals surface area contributed by atoms with Crippen molar-refractivity contribution in [1.82, 2.24) is 0 Å². The summed E-state index contributed by atoms with van der Waals surface area (Å²) < 4.78 is 16.1. The highest BCUT2D eigenvalue weighted by Crippen LogP contribution is 2.45. The Balaban J connectivity index is 2.10. The lowest BCUT2D eigenvalue weighted by molar-refractivity contribution is 0.344. The van der Waals surface area contributed by atoms with Crippen LogP contribution in [0.25, 0.3) is 0 Å². The molecule has 0 saturated heterocycles. The van der Waals surface area contributed by atoms with Gasteiger partial charge in [-0.25, -0.2) is 0 Å². The zero-order valence-electron chi connectivity index (χ0n) is 9.25. The number of thiol groups is 1. The minimum absolute atomic E-state index is 0.383. The van der Waals surface area contributed by atoms with Crippen LogP contribution >= 0.6 is 0 Å². The lowest BCUT2D eigenvalue weighted by atomic mass is 10.1. The second-order valence-electron chi connectivity index (χ2n) is 3.79. The maximum atomic E-state index is 5.42. The van der Waals surface area contributed by atoms with Gasteiger partial charge in [0.05, 0.1) is 21.3 Å². The third-order valence-electron chi connectivity index (χ3n) is 3.12. The van der Waals surface area contributed by atoms with Crippen LogP contribution in [0, 0.1) is 11.8 Å². The largest absolute Gasteiger partial charge is 0.323 e. The zero-order chi connectivity index (χ0) is 10.8. The summed E-state index contributed by atoms with van der Waals surface area (Å²) in [7, 11) is 5.21. The van der Waals surface area contributed by atoms with Crippen LogP contribution in [-0.4, -0.2) is 31.8 Å². The van der Waals surface area contributed by atoms with Gasteiger partial charge < -0.3 is 0 Å². The van der Waals surface area contributed by atoms with E-state index < -0.39 is 0 Å². The first-order valence-electron chi connectivity index (χ1n) is 5.05. The van der Waals surface area contributed by atoms with Crippen molar-refractivity contribution in [3.05, 3.63) is 12.2 Å². The number of fused-ring (bicyclic) bond motifs is 2. The first-order chi connectivity index (χ1) is 7.31. The van der Waals surface area contributed by atoms with E-state index in [-0.39, 0.29) is 11.5 Å². The summed E-state index contributed by atoms with van der Waals surface area (Å²) >= 11 is 0.680. The van der Waals surface area contributed by atoms with E-state index in [0.717, 1.165) is 12.0 Å². The van der Waals surface area contributed by atoms with E-state index in [9.17, 15) is 0 Å². The van der Waals surface area contributed by atoms with Crippen LogP contribution in [0.15, 0.2) is 12.2 Å². The molecule has 0 aromatic rings. The van der Waals surface area contributed by atoms with E-state index in [2.05, 4.69) is 12.2 Å². The average molecular weight is 250 g/mol. The summed E-state index contributed by atoms with van der Waals surface area (Å²) in [5.41, 5.74) is 0. The van der Waals surface area contributed by atoms with Crippen LogP contribution in [0.1, 0.15) is 6.42 Å². The Labute approximate surface area is 98.5 Å². The van der Waals surface area contributed by atoms with Gasteiger partial charge in [0.25, 0.3) is 0 Å². The molecule has 2 rings (SSSR count). The number of hydrogen-bond acceptors (Lipinski definition) is 3. The molecule has 2 bridgehead atoms. The summed E-state index contributed by atoms with van der Waals surface area (Å²) in [5, 5.41) is 1.00. The van der Waals surface area contributed by atoms with Crippen LogP contribution < -0.4 is 0 Å². The molecule has 0 aliphatic heterocycles. The minimum Gasteiger partial charge on any atom is -0.179 e. The maximum absolute atomic E-state index is 5.42. The SMILES string of the molecule is CO[SH+]C1C2C=CC(C2)C1[S+](OC)OC. The van der Waals surface area contributed by atoms with E-state index in [1.165, 1.54) is 6.42 Å². The van der Waals surface area contributed by atoms with E-state index in [1.54, 1.807) is 21.3 Å². The summed E-state index contributed by atoms with van der Waals surface area (Å²) in [5.74, 6) is 1.27. The topological polar surface area (TPSA) is 27.7 Å². The van der Waals surface area contributed by atoms with E-state index in [0.29, 0.717) is 22.3 Å². The van der Waals surface area contributed by atoms with Gasteiger partial charge >= 0.3 is 11.5 Å². The van der Waals surface area contributed by atoms with Crippen molar-refractivity contribution in [2.75, 3.05) is 21.3 Å². The molecule has 1 saturated carbocycles. The molecule has 4 atom stereocenters. The molecule has 0 amide bonds. The summed E-state index contributed by atoms with van der Waals surface area (Å²) in [6.07, 6.45) is 5.88. The molecule has 3 nitrogen and oxygen atoms in total. The first-order valence-corrected chi connectivity index (χ1v) is 7.07. The highest BCUT2D eigenvalue weighted by molar-refractivity contribution is 7.89. The fourth-order valence-corrected chi connectivity index (χ4v) is 5.46. The van der Waals surface area contributed by atoms with Gasteiger partial charge in [0.15, 0.2) is 0 Å². The van der Waals surface area contributed by atoms with Crippen molar-refractivity contribution >= 4 is 23.5 Å². The van der Waals surface area contributed by atoms with Crippen LogP contribution in [0.2, 0.25) is 0 Å². The standard InChI is InChI=1S/C10H17O3S2/c1-11-14-9-7-4-5-8(6-7)10(9)15(12-2)13-3/h4-5,7-10H,6H2,1-3H3/q+1/p+1. The van der Waals surface area contributed by atoms with E-state index >= 15 is 0 Å². The summed E-state index contributed by atoms with van der Waals surface area (Å²) in [4.78, 5) is 0. The molecule has 15 heavy (non-hydrogen) atoms. The molecule has 0 aromatic carbocycles. The maximum Gasteiger partial charge on any atom is 0.323 e. The van der Waals surface area contributed by atoms with Gasteiger partial charge in [0.2, 0.25) is 10.5 Å². The molecule has 2 aliphatic carbocycles. The lowest BCUT2D eigenvalue weighted by Gasteiger charge is -2.16. The van der Waals surface area contributed by atoms with Crippen molar-refractivity contribution in [1.29, 1.82) is 0 Å². The molecular weight excluding hydrogens is 232 g/mol. The Morgan fingerprint density at radius 2 is 1.80 bits per heavy atom. The minimum atomic E-state index is -0.383. The van der Waals surface area contributed by atoms with Crippen LogP contribution in [-0.2, 0) is 36.0 Å². The highest BCUT2D eigenvalue weighted by Gasteiger charge is 2.61. The molecule has 0 N–H and O–H groups in total. The Kier molecular flexibility index (Phi) is 4.01. The zero-order valence-corrected chi connectivity index (χ0v) is 11.0. The van der Waals surface area contributed by atoms with Crippen molar-refractivity contribution in [3.8, 4) is 0 Å². The second kappa shape index (κ2) is 5.10. The third kappa shape index (κ3) is 2.08. The Morgan fingerprint density at radius 3 is 2.40 bits per heavy atom. The van der Waals surface area contributed by atoms with Crippen LogP contribution in [0.3, 0.4) is 0 Å². The molecule has 4 unspecified atom stereocenters. The van der Waals surface area contributed by atoms with Gasteiger partial charge in [-0.15, -0.1) is 8.37 Å². The van der Waals surface area contributed by atoms with Crippen LogP contribution in [0.5, 0.6) is 0 Å². The van der Waals surface area contributed by atoms with Crippen molar-refractivity contribution in [3.63, 3.8) is 0 Å². The normalized spacial score (nSPS) is 38.1. The van der Waals surface area contributed by atoms with E-state index in [1.807, 2.05) is 0 Å². The highest BCUT2D eigenvalue weighted by atomic mass is 32.2.